The first kappa shape index (κ1) is 14.4. The lowest BCUT2D eigenvalue weighted by molar-refractivity contribution is -0.117. The van der Waals surface area contributed by atoms with Gasteiger partial charge in [-0.2, -0.15) is 0 Å². The van der Waals surface area contributed by atoms with Gasteiger partial charge in [0.15, 0.2) is 0 Å². The normalized spacial score (nSPS) is 20.1. The summed E-state index contributed by atoms with van der Waals surface area (Å²) in [6.07, 6.45) is 1.80. The fourth-order valence-electron chi connectivity index (χ4n) is 2.24. The molecular formula is C11H14BrN3O3S. The average molecular weight is 348 g/mol. The zero-order chi connectivity index (χ0) is 14.2. The van der Waals surface area contributed by atoms with Gasteiger partial charge >= 0.3 is 0 Å². The Hall–Kier alpha value is -0.990. The van der Waals surface area contributed by atoms with E-state index in [9.17, 15) is 13.2 Å². The number of amides is 1. The van der Waals surface area contributed by atoms with E-state index < -0.39 is 10.0 Å². The molecule has 6 nitrogen and oxygen atoms in total. The van der Waals surface area contributed by atoms with Crippen LogP contribution in [0.5, 0.6) is 0 Å². The van der Waals surface area contributed by atoms with Crippen LogP contribution < -0.4 is 10.0 Å². The molecule has 0 bridgehead atoms. The standard InChI is InChI=1S/C11H14BrN3O3S/c1-7-2-9(12)4-14-11(7)15-5-8(3-10(15)16)6-19(13,17)18/h2,4,8H,3,5-6H2,1H3,(H2,13,17,18). The van der Waals surface area contributed by atoms with Crippen molar-refractivity contribution in [3.63, 3.8) is 0 Å². The quantitative estimate of drug-likeness (QED) is 0.874. The lowest BCUT2D eigenvalue weighted by Gasteiger charge is -2.17. The van der Waals surface area contributed by atoms with Crippen molar-refractivity contribution in [2.75, 3.05) is 17.2 Å². The van der Waals surface area contributed by atoms with Gasteiger partial charge in [0.05, 0.1) is 5.75 Å². The van der Waals surface area contributed by atoms with Gasteiger partial charge < -0.3 is 0 Å². The summed E-state index contributed by atoms with van der Waals surface area (Å²) in [6.45, 7) is 2.19. The molecule has 2 heterocycles. The van der Waals surface area contributed by atoms with Gasteiger partial charge in [0.2, 0.25) is 15.9 Å². The molecule has 0 aromatic carbocycles. The highest BCUT2D eigenvalue weighted by molar-refractivity contribution is 9.10. The van der Waals surface area contributed by atoms with Crippen molar-refractivity contribution in [1.29, 1.82) is 0 Å². The van der Waals surface area contributed by atoms with Gasteiger partial charge in [0.1, 0.15) is 5.82 Å². The van der Waals surface area contributed by atoms with E-state index in [1.54, 1.807) is 6.20 Å². The van der Waals surface area contributed by atoms with Crippen LogP contribution in [0.1, 0.15) is 12.0 Å². The number of halogens is 1. The van der Waals surface area contributed by atoms with E-state index in [1.165, 1.54) is 4.90 Å². The molecule has 1 aromatic heterocycles. The van der Waals surface area contributed by atoms with E-state index in [-0.39, 0.29) is 24.0 Å². The number of aromatic nitrogens is 1. The SMILES string of the molecule is Cc1cc(Br)cnc1N1CC(CS(N)(=O)=O)CC1=O. The third-order valence-electron chi connectivity index (χ3n) is 2.95. The van der Waals surface area contributed by atoms with Gasteiger partial charge in [-0.05, 0) is 34.5 Å². The maximum atomic E-state index is 11.9. The maximum absolute atomic E-state index is 11.9. The number of carbonyl (C=O) groups is 1. The zero-order valence-corrected chi connectivity index (χ0v) is 12.7. The minimum absolute atomic E-state index is 0.119. The highest BCUT2D eigenvalue weighted by Gasteiger charge is 2.34. The Bertz CT molecular complexity index is 618. The molecule has 1 aliphatic rings. The summed E-state index contributed by atoms with van der Waals surface area (Å²) in [5.74, 6) is 0.00852. The Balaban J connectivity index is 2.20. The first-order valence-corrected chi connectivity index (χ1v) is 8.20. The molecule has 1 amide bonds. The van der Waals surface area contributed by atoms with Gasteiger partial charge in [-0.1, -0.05) is 0 Å². The van der Waals surface area contributed by atoms with Crippen molar-refractivity contribution in [3.05, 3.63) is 22.3 Å². The molecule has 1 fully saturated rings. The van der Waals surface area contributed by atoms with Crippen molar-refractivity contribution in [3.8, 4) is 0 Å². The summed E-state index contributed by atoms with van der Waals surface area (Å²) >= 11 is 3.31. The summed E-state index contributed by atoms with van der Waals surface area (Å²) < 4.78 is 23.0. The number of hydrogen-bond acceptors (Lipinski definition) is 4. The Labute approximate surface area is 120 Å². The van der Waals surface area contributed by atoms with Crippen LogP contribution in [-0.4, -0.2) is 31.6 Å². The van der Waals surface area contributed by atoms with Crippen LogP contribution >= 0.6 is 15.9 Å². The molecule has 8 heteroatoms. The Kier molecular flexibility index (Phi) is 3.93. The fraction of sp³-hybridized carbons (Fsp3) is 0.455. The van der Waals surface area contributed by atoms with Crippen molar-refractivity contribution in [2.24, 2.45) is 11.1 Å². The van der Waals surface area contributed by atoms with Gasteiger partial charge in [0, 0.05) is 29.6 Å². The third-order valence-corrected chi connectivity index (χ3v) is 4.32. The summed E-state index contributed by atoms with van der Waals surface area (Å²) in [6, 6.07) is 1.86. The van der Waals surface area contributed by atoms with Gasteiger partial charge in [0.25, 0.3) is 0 Å². The van der Waals surface area contributed by atoms with E-state index in [2.05, 4.69) is 20.9 Å². The number of nitrogens with zero attached hydrogens (tertiary/aromatic N) is 2. The molecule has 0 saturated carbocycles. The van der Waals surface area contributed by atoms with Crippen molar-refractivity contribution >= 4 is 37.7 Å². The van der Waals surface area contributed by atoms with Crippen LogP contribution in [-0.2, 0) is 14.8 Å². The highest BCUT2D eigenvalue weighted by Crippen LogP contribution is 2.27. The van der Waals surface area contributed by atoms with E-state index in [0.29, 0.717) is 12.4 Å². The van der Waals surface area contributed by atoms with E-state index in [4.69, 9.17) is 5.14 Å². The molecule has 1 aromatic rings. The number of primary sulfonamides is 1. The molecule has 19 heavy (non-hydrogen) atoms. The molecule has 1 unspecified atom stereocenters. The Morgan fingerprint density at radius 3 is 2.84 bits per heavy atom. The largest absolute Gasteiger partial charge is 0.296 e. The Morgan fingerprint density at radius 2 is 2.26 bits per heavy atom. The molecule has 0 aliphatic carbocycles. The minimum atomic E-state index is -3.56. The summed E-state index contributed by atoms with van der Waals surface area (Å²) in [5, 5.41) is 5.02. The Morgan fingerprint density at radius 1 is 1.58 bits per heavy atom. The second-order valence-corrected chi connectivity index (χ2v) is 7.27. The first-order valence-electron chi connectivity index (χ1n) is 5.69. The predicted molar refractivity (Wildman–Crippen MR) is 75.1 cm³/mol. The second-order valence-electron chi connectivity index (χ2n) is 4.70. The number of rotatable bonds is 3. The van der Waals surface area contributed by atoms with Crippen molar-refractivity contribution in [1.82, 2.24) is 4.98 Å². The van der Waals surface area contributed by atoms with Crippen LogP contribution in [0.4, 0.5) is 5.82 Å². The lowest BCUT2D eigenvalue weighted by Crippen LogP contribution is -2.28. The van der Waals surface area contributed by atoms with E-state index >= 15 is 0 Å². The number of pyridine rings is 1. The topological polar surface area (TPSA) is 93.4 Å². The summed E-state index contributed by atoms with van der Waals surface area (Å²) in [5.41, 5.74) is 0.860. The monoisotopic (exact) mass is 347 g/mol. The molecule has 0 spiro atoms. The summed E-state index contributed by atoms with van der Waals surface area (Å²) in [4.78, 5) is 17.7. The molecule has 104 valence electrons. The zero-order valence-electron chi connectivity index (χ0n) is 10.3. The number of hydrogen-bond donors (Lipinski definition) is 1. The number of carbonyl (C=O) groups excluding carboxylic acids is 1. The first-order chi connectivity index (χ1) is 8.76. The number of aryl methyl sites for hydroxylation is 1. The molecular weight excluding hydrogens is 334 g/mol. The molecule has 1 saturated heterocycles. The molecule has 0 radical (unpaired) electrons. The van der Waals surface area contributed by atoms with Crippen LogP contribution in [0.25, 0.3) is 0 Å². The van der Waals surface area contributed by atoms with Crippen LogP contribution in [0.3, 0.4) is 0 Å². The molecule has 1 aliphatic heterocycles. The predicted octanol–water partition coefficient (Wildman–Crippen LogP) is 0.794. The second kappa shape index (κ2) is 5.18. The number of sulfonamides is 1. The van der Waals surface area contributed by atoms with Crippen LogP contribution in [0, 0.1) is 12.8 Å². The van der Waals surface area contributed by atoms with Crippen molar-refractivity contribution in [2.45, 2.75) is 13.3 Å². The fourth-order valence-corrected chi connectivity index (χ4v) is 3.57. The smallest absolute Gasteiger partial charge is 0.228 e. The van der Waals surface area contributed by atoms with E-state index in [1.807, 2.05) is 13.0 Å². The number of nitrogens with two attached hydrogens (primary N) is 1. The lowest BCUT2D eigenvalue weighted by atomic mass is 10.1. The van der Waals surface area contributed by atoms with E-state index in [0.717, 1.165) is 10.0 Å². The maximum Gasteiger partial charge on any atom is 0.228 e. The molecule has 2 rings (SSSR count). The van der Waals surface area contributed by atoms with Crippen LogP contribution in [0.2, 0.25) is 0 Å². The molecule has 1 atom stereocenters. The number of anilines is 1. The molecule has 2 N–H and O–H groups in total. The minimum Gasteiger partial charge on any atom is -0.296 e. The highest BCUT2D eigenvalue weighted by atomic mass is 79.9. The van der Waals surface area contributed by atoms with Gasteiger partial charge in [-0.15, -0.1) is 0 Å². The van der Waals surface area contributed by atoms with Crippen LogP contribution in [0.15, 0.2) is 16.7 Å². The van der Waals surface area contributed by atoms with Gasteiger partial charge in [-0.3, -0.25) is 9.69 Å². The third kappa shape index (κ3) is 3.52. The van der Waals surface area contributed by atoms with Gasteiger partial charge in [-0.25, -0.2) is 18.5 Å². The summed E-state index contributed by atoms with van der Waals surface area (Å²) in [7, 11) is -3.56. The van der Waals surface area contributed by atoms with Crippen molar-refractivity contribution < 1.29 is 13.2 Å². The average Bonchev–Trinajstić information content (AvgIpc) is 2.56.